The van der Waals surface area contributed by atoms with E-state index in [0.29, 0.717) is 5.75 Å². The minimum Gasteiger partial charge on any atom is -0.481 e. The van der Waals surface area contributed by atoms with E-state index in [1.54, 1.807) is 24.5 Å². The van der Waals surface area contributed by atoms with Gasteiger partial charge in [-0.05, 0) is 12.1 Å². The molecule has 7 nitrogen and oxygen atoms in total. The van der Waals surface area contributed by atoms with Gasteiger partial charge in [-0.1, -0.05) is 0 Å². The lowest BCUT2D eigenvalue weighted by Crippen LogP contribution is -2.35. The molecule has 0 fully saturated rings. The number of nitrogens with zero attached hydrogens (tertiary/aromatic N) is 4. The van der Waals surface area contributed by atoms with Gasteiger partial charge in [0.25, 0.3) is 5.91 Å². The maximum Gasteiger partial charge on any atom is 0.264 e. The third-order valence-electron chi connectivity index (χ3n) is 3.93. The van der Waals surface area contributed by atoms with E-state index in [-0.39, 0.29) is 12.5 Å². The minimum atomic E-state index is -0.0541. The zero-order chi connectivity index (χ0) is 16.0. The molecule has 0 saturated carbocycles. The first kappa shape index (κ1) is 13.6. The van der Waals surface area contributed by atoms with Crippen LogP contribution in [0.3, 0.4) is 0 Å². The summed E-state index contributed by atoms with van der Waals surface area (Å²) in [5, 5.41) is 3.25. The monoisotopic (exact) mass is 309 g/mol. The number of pyridine rings is 1. The highest BCUT2D eigenvalue weighted by molar-refractivity contribution is 5.97. The average Bonchev–Trinajstić information content (AvgIpc) is 2.92. The van der Waals surface area contributed by atoms with Crippen LogP contribution in [0.25, 0.3) is 11.0 Å². The van der Waals surface area contributed by atoms with Crippen molar-refractivity contribution in [3.63, 3.8) is 0 Å². The third kappa shape index (κ3) is 2.26. The van der Waals surface area contributed by atoms with Crippen molar-refractivity contribution >= 4 is 34.1 Å². The van der Waals surface area contributed by atoms with Gasteiger partial charge in [0.05, 0.1) is 23.7 Å². The molecule has 0 unspecified atom stereocenters. The van der Waals surface area contributed by atoms with E-state index in [1.165, 1.54) is 0 Å². The molecule has 0 spiro atoms. The summed E-state index contributed by atoms with van der Waals surface area (Å²) in [6.07, 6.45) is 3.49. The van der Waals surface area contributed by atoms with Crippen molar-refractivity contribution in [2.24, 2.45) is 7.05 Å². The number of ether oxygens (including phenoxy) is 1. The first-order valence-electron chi connectivity index (χ1n) is 7.19. The molecule has 1 N–H and O–H groups in total. The van der Waals surface area contributed by atoms with Crippen LogP contribution in [0, 0.1) is 0 Å². The summed E-state index contributed by atoms with van der Waals surface area (Å²) in [4.78, 5) is 21.8. The van der Waals surface area contributed by atoms with Crippen molar-refractivity contribution in [2.45, 2.75) is 0 Å². The fourth-order valence-corrected chi connectivity index (χ4v) is 2.60. The second-order valence-electron chi connectivity index (χ2n) is 5.46. The highest BCUT2D eigenvalue weighted by atomic mass is 16.5. The molecule has 4 rings (SSSR count). The van der Waals surface area contributed by atoms with Crippen LogP contribution in [0.1, 0.15) is 0 Å². The van der Waals surface area contributed by atoms with Gasteiger partial charge in [-0.15, -0.1) is 0 Å². The molecule has 2 aromatic heterocycles. The van der Waals surface area contributed by atoms with E-state index in [9.17, 15) is 4.79 Å². The predicted octanol–water partition coefficient (Wildman–Crippen LogP) is 2.07. The molecule has 3 aromatic rings. The molecule has 0 bridgehead atoms. The summed E-state index contributed by atoms with van der Waals surface area (Å²) < 4.78 is 7.44. The molecular formula is C16H15N5O2. The van der Waals surface area contributed by atoms with Crippen LogP contribution in [0.15, 0.2) is 36.8 Å². The number of carbonyl (C=O) groups excluding carboxylic acids is 1. The Labute approximate surface area is 132 Å². The summed E-state index contributed by atoms with van der Waals surface area (Å²) in [6, 6.07) is 7.56. The number of imidazole rings is 1. The molecule has 1 aliphatic rings. The van der Waals surface area contributed by atoms with Gasteiger partial charge in [-0.3, -0.25) is 4.79 Å². The Bertz CT molecular complexity index is 918. The number of hydrogen-bond donors (Lipinski definition) is 1. The highest BCUT2D eigenvalue weighted by Crippen LogP contribution is 2.34. The van der Waals surface area contributed by atoms with E-state index < -0.39 is 0 Å². The van der Waals surface area contributed by atoms with Crippen molar-refractivity contribution in [3.05, 3.63) is 36.8 Å². The lowest BCUT2D eigenvalue weighted by Gasteiger charge is -2.26. The second-order valence-corrected chi connectivity index (χ2v) is 5.46. The Kier molecular flexibility index (Phi) is 2.94. The molecule has 1 amide bonds. The number of benzene rings is 1. The lowest BCUT2D eigenvalue weighted by atomic mass is 10.2. The fourth-order valence-electron chi connectivity index (χ4n) is 2.60. The number of likely N-dealkylation sites (N-methyl/N-ethyl adjacent to an activating group) is 1. The van der Waals surface area contributed by atoms with Crippen LogP contribution in [0.4, 0.5) is 17.2 Å². The Morgan fingerprint density at radius 3 is 2.96 bits per heavy atom. The van der Waals surface area contributed by atoms with E-state index in [2.05, 4.69) is 15.3 Å². The standard InChI is InChI=1S/C16H15N5O2/c1-20-9-18-11-7-17-15(6-13(11)20)19-10-3-4-12-14(5-10)23-8-16(22)21(12)2/h3-7,9H,8H2,1-2H3,(H,17,19). The van der Waals surface area contributed by atoms with Crippen LogP contribution in [0.2, 0.25) is 0 Å². The fraction of sp³-hybridized carbons (Fsp3) is 0.188. The van der Waals surface area contributed by atoms with Crippen molar-refractivity contribution < 1.29 is 9.53 Å². The Hall–Kier alpha value is -3.09. The molecule has 1 aromatic carbocycles. The molecule has 0 saturated heterocycles. The molecule has 1 aliphatic heterocycles. The molecule has 0 radical (unpaired) electrons. The number of aryl methyl sites for hydroxylation is 1. The highest BCUT2D eigenvalue weighted by Gasteiger charge is 2.22. The first-order valence-corrected chi connectivity index (χ1v) is 7.19. The van der Waals surface area contributed by atoms with Crippen LogP contribution in [0.5, 0.6) is 5.75 Å². The molecule has 3 heterocycles. The first-order chi connectivity index (χ1) is 11.1. The van der Waals surface area contributed by atoms with Crippen LogP contribution >= 0.6 is 0 Å². The van der Waals surface area contributed by atoms with Crippen molar-refractivity contribution in [1.82, 2.24) is 14.5 Å². The molecule has 7 heteroatoms. The van der Waals surface area contributed by atoms with Gasteiger partial charge in [0, 0.05) is 31.9 Å². The van der Waals surface area contributed by atoms with Gasteiger partial charge < -0.3 is 19.5 Å². The Morgan fingerprint density at radius 2 is 2.09 bits per heavy atom. The zero-order valence-electron chi connectivity index (χ0n) is 12.8. The maximum atomic E-state index is 11.6. The summed E-state index contributed by atoms with van der Waals surface area (Å²) >= 11 is 0. The van der Waals surface area contributed by atoms with Gasteiger partial charge in [0.15, 0.2) is 6.61 Å². The number of amides is 1. The topological polar surface area (TPSA) is 72.3 Å². The summed E-state index contributed by atoms with van der Waals surface area (Å²) in [7, 11) is 3.69. The predicted molar refractivity (Wildman–Crippen MR) is 87.1 cm³/mol. The molecule has 0 atom stereocenters. The smallest absolute Gasteiger partial charge is 0.264 e. The van der Waals surface area contributed by atoms with E-state index in [4.69, 9.17) is 4.74 Å². The average molecular weight is 309 g/mol. The molecular weight excluding hydrogens is 294 g/mol. The quantitative estimate of drug-likeness (QED) is 0.784. The molecule has 116 valence electrons. The molecule has 0 aliphatic carbocycles. The Morgan fingerprint density at radius 1 is 1.22 bits per heavy atom. The van der Waals surface area contributed by atoms with Gasteiger partial charge in [-0.25, -0.2) is 9.97 Å². The number of fused-ring (bicyclic) bond motifs is 2. The van der Waals surface area contributed by atoms with Gasteiger partial charge in [0.1, 0.15) is 17.1 Å². The maximum absolute atomic E-state index is 11.6. The van der Waals surface area contributed by atoms with Crippen LogP contribution in [-0.4, -0.2) is 34.1 Å². The number of hydrogen-bond acceptors (Lipinski definition) is 5. The normalized spacial score (nSPS) is 13.8. The van der Waals surface area contributed by atoms with Gasteiger partial charge >= 0.3 is 0 Å². The number of anilines is 3. The molecule has 23 heavy (non-hydrogen) atoms. The Balaban J connectivity index is 1.65. The summed E-state index contributed by atoms with van der Waals surface area (Å²) in [6.45, 7) is 0.0617. The van der Waals surface area contributed by atoms with Gasteiger partial charge in [0.2, 0.25) is 0 Å². The van der Waals surface area contributed by atoms with E-state index in [0.717, 1.165) is 28.2 Å². The lowest BCUT2D eigenvalue weighted by molar-refractivity contribution is -0.120. The third-order valence-corrected chi connectivity index (χ3v) is 3.93. The van der Waals surface area contributed by atoms with Gasteiger partial charge in [-0.2, -0.15) is 0 Å². The van der Waals surface area contributed by atoms with Crippen molar-refractivity contribution in [2.75, 3.05) is 23.9 Å². The van der Waals surface area contributed by atoms with E-state index in [1.807, 2.05) is 35.9 Å². The number of carbonyl (C=O) groups is 1. The summed E-state index contributed by atoms with van der Waals surface area (Å²) in [5.41, 5.74) is 3.47. The van der Waals surface area contributed by atoms with Crippen molar-refractivity contribution in [3.8, 4) is 5.75 Å². The SMILES string of the molecule is CN1C(=O)COc2cc(Nc3cc4c(cn3)ncn4C)ccc21. The van der Waals surface area contributed by atoms with Crippen molar-refractivity contribution in [1.29, 1.82) is 0 Å². The minimum absolute atomic E-state index is 0.0541. The summed E-state index contributed by atoms with van der Waals surface area (Å²) in [5.74, 6) is 1.35. The van der Waals surface area contributed by atoms with Crippen LogP contribution < -0.4 is 15.0 Å². The number of nitrogens with one attached hydrogen (secondary N) is 1. The zero-order valence-corrected chi connectivity index (χ0v) is 12.8. The number of aromatic nitrogens is 3. The second kappa shape index (κ2) is 4.98. The number of rotatable bonds is 2. The largest absolute Gasteiger partial charge is 0.481 e. The van der Waals surface area contributed by atoms with E-state index >= 15 is 0 Å². The van der Waals surface area contributed by atoms with Crippen LogP contribution in [-0.2, 0) is 11.8 Å².